The Bertz CT molecular complexity index is 552. The maximum atomic E-state index is 11.3. The number of rotatable bonds is 7. The van der Waals surface area contributed by atoms with Crippen LogP contribution < -0.4 is 4.90 Å². The fourth-order valence-electron chi connectivity index (χ4n) is 1.70. The highest BCUT2D eigenvalue weighted by molar-refractivity contribution is 5.99. The summed E-state index contributed by atoms with van der Waals surface area (Å²) in [5.41, 5.74) is 2.32. The fraction of sp³-hybridized carbons (Fsp3) is 0.333. The number of hydrogen-bond acceptors (Lipinski definition) is 5. The van der Waals surface area contributed by atoms with E-state index in [0.29, 0.717) is 18.0 Å². The van der Waals surface area contributed by atoms with Gasteiger partial charge < -0.3 is 19.6 Å². The molecule has 0 atom stereocenters. The number of carboxylic acids is 1. The summed E-state index contributed by atoms with van der Waals surface area (Å²) >= 11 is 0. The summed E-state index contributed by atoms with van der Waals surface area (Å²) in [5, 5.41) is 13.1. The Hall–Kier alpha value is -2.50. The first-order valence-electron chi connectivity index (χ1n) is 6.48. The number of oxime groups is 1. The smallest absolute Gasteiger partial charge is 0.355 e. The van der Waals surface area contributed by atoms with Crippen molar-refractivity contribution in [1.29, 1.82) is 0 Å². The van der Waals surface area contributed by atoms with Gasteiger partial charge in [-0.2, -0.15) is 0 Å². The molecule has 0 aliphatic carbocycles. The van der Waals surface area contributed by atoms with Crippen molar-refractivity contribution in [2.75, 3.05) is 25.7 Å². The Morgan fingerprint density at radius 1 is 1.48 bits per heavy atom. The Balaban J connectivity index is 3.11. The number of ether oxygens (including phenoxy) is 1. The van der Waals surface area contributed by atoms with E-state index in [1.807, 2.05) is 31.2 Å². The third-order valence-corrected chi connectivity index (χ3v) is 2.82. The van der Waals surface area contributed by atoms with Crippen molar-refractivity contribution in [2.45, 2.75) is 13.8 Å². The van der Waals surface area contributed by atoms with E-state index in [1.165, 1.54) is 13.4 Å². The lowest BCUT2D eigenvalue weighted by atomic mass is 10.1. The highest BCUT2D eigenvalue weighted by atomic mass is 16.6. The predicted octanol–water partition coefficient (Wildman–Crippen LogP) is 2.46. The summed E-state index contributed by atoms with van der Waals surface area (Å²) in [6, 6.07) is 7.35. The highest BCUT2D eigenvalue weighted by Gasteiger charge is 2.16. The van der Waals surface area contributed by atoms with Gasteiger partial charge in [0.25, 0.3) is 0 Å². The number of anilines is 1. The van der Waals surface area contributed by atoms with Gasteiger partial charge in [-0.25, -0.2) is 4.79 Å². The third kappa shape index (κ3) is 4.52. The quantitative estimate of drug-likeness (QED) is 0.362. The molecule has 0 amide bonds. The molecule has 0 radical (unpaired) electrons. The van der Waals surface area contributed by atoms with E-state index in [1.54, 1.807) is 18.9 Å². The van der Waals surface area contributed by atoms with Crippen LogP contribution in [-0.2, 0) is 14.4 Å². The van der Waals surface area contributed by atoms with E-state index in [9.17, 15) is 9.90 Å². The van der Waals surface area contributed by atoms with Gasteiger partial charge >= 0.3 is 5.97 Å². The van der Waals surface area contributed by atoms with Gasteiger partial charge in [-0.1, -0.05) is 17.3 Å². The van der Waals surface area contributed by atoms with Gasteiger partial charge in [-0.05, 0) is 26.0 Å². The van der Waals surface area contributed by atoms with E-state index in [2.05, 4.69) is 5.16 Å². The van der Waals surface area contributed by atoms with Crippen molar-refractivity contribution >= 4 is 17.4 Å². The van der Waals surface area contributed by atoms with E-state index in [4.69, 9.17) is 9.57 Å². The van der Waals surface area contributed by atoms with E-state index >= 15 is 0 Å². The van der Waals surface area contributed by atoms with Gasteiger partial charge in [0.15, 0.2) is 5.70 Å². The first-order valence-corrected chi connectivity index (χ1v) is 6.48. The van der Waals surface area contributed by atoms with Gasteiger partial charge in [0.1, 0.15) is 13.4 Å². The molecule has 21 heavy (non-hydrogen) atoms. The normalized spacial score (nSPS) is 12.0. The van der Waals surface area contributed by atoms with Gasteiger partial charge in [0.05, 0.1) is 12.3 Å². The zero-order chi connectivity index (χ0) is 15.8. The summed E-state index contributed by atoms with van der Waals surface area (Å²) in [7, 11) is 3.15. The zero-order valence-corrected chi connectivity index (χ0v) is 12.7. The highest BCUT2D eigenvalue weighted by Crippen LogP contribution is 2.20. The Morgan fingerprint density at radius 3 is 2.76 bits per heavy atom. The molecule has 1 aromatic rings. The lowest BCUT2D eigenvalue weighted by Crippen LogP contribution is -2.23. The van der Waals surface area contributed by atoms with Crippen LogP contribution in [0.1, 0.15) is 19.4 Å². The molecule has 6 nitrogen and oxygen atoms in total. The van der Waals surface area contributed by atoms with Crippen molar-refractivity contribution in [1.82, 2.24) is 0 Å². The molecule has 0 unspecified atom stereocenters. The molecule has 0 aliphatic heterocycles. The molecule has 0 aliphatic rings. The topological polar surface area (TPSA) is 71.4 Å². The summed E-state index contributed by atoms with van der Waals surface area (Å²) in [6.45, 7) is 4.02. The molecule has 1 rings (SSSR count). The largest absolute Gasteiger partial charge is 0.499 e. The number of aliphatic carboxylic acids is 1. The molecule has 0 saturated carbocycles. The SMILES string of the molecule is CCOC=C(C(=O)O)N(C)c1cccc(C(C)=NOC)c1. The third-order valence-electron chi connectivity index (χ3n) is 2.82. The first-order chi connectivity index (χ1) is 10.0. The number of carboxylic acid groups (broad SMARTS) is 1. The molecule has 0 bridgehead atoms. The number of likely N-dealkylation sites (N-methyl/N-ethyl adjacent to an activating group) is 1. The number of nitrogens with zero attached hydrogens (tertiary/aromatic N) is 2. The summed E-state index contributed by atoms with van der Waals surface area (Å²) < 4.78 is 5.09. The minimum atomic E-state index is -1.06. The maximum Gasteiger partial charge on any atom is 0.355 e. The number of benzene rings is 1. The first kappa shape index (κ1) is 16.6. The molecule has 6 heteroatoms. The average Bonchev–Trinajstić information content (AvgIpc) is 2.47. The summed E-state index contributed by atoms with van der Waals surface area (Å²) in [5.74, 6) is -1.06. The predicted molar refractivity (Wildman–Crippen MR) is 81.4 cm³/mol. The Morgan fingerprint density at radius 2 is 2.19 bits per heavy atom. The molecule has 0 saturated heterocycles. The van der Waals surface area contributed by atoms with Crippen LogP contribution >= 0.6 is 0 Å². The average molecular weight is 292 g/mol. The van der Waals surface area contributed by atoms with Crippen LogP contribution in [-0.4, -0.2) is 37.6 Å². The van der Waals surface area contributed by atoms with Crippen LogP contribution in [0.5, 0.6) is 0 Å². The van der Waals surface area contributed by atoms with Crippen molar-refractivity contribution in [3.63, 3.8) is 0 Å². The van der Waals surface area contributed by atoms with E-state index in [0.717, 1.165) is 5.56 Å². The van der Waals surface area contributed by atoms with Crippen LogP contribution in [0.25, 0.3) is 0 Å². The van der Waals surface area contributed by atoms with E-state index in [-0.39, 0.29) is 5.70 Å². The molecule has 1 N–H and O–H groups in total. The second kappa shape index (κ2) is 7.94. The van der Waals surface area contributed by atoms with Crippen LogP contribution in [0.15, 0.2) is 41.4 Å². The second-order valence-electron chi connectivity index (χ2n) is 4.23. The van der Waals surface area contributed by atoms with Gasteiger partial charge in [-0.15, -0.1) is 0 Å². The lowest BCUT2D eigenvalue weighted by molar-refractivity contribution is -0.132. The minimum Gasteiger partial charge on any atom is -0.499 e. The van der Waals surface area contributed by atoms with Crippen molar-refractivity contribution < 1.29 is 19.5 Å². The number of carbonyl (C=O) groups is 1. The minimum absolute atomic E-state index is 0.0512. The molecule has 1 aromatic carbocycles. The van der Waals surface area contributed by atoms with Crippen LogP contribution in [0.2, 0.25) is 0 Å². The van der Waals surface area contributed by atoms with Crippen molar-refractivity contribution in [3.05, 3.63) is 41.8 Å². The van der Waals surface area contributed by atoms with Crippen molar-refractivity contribution in [2.24, 2.45) is 5.16 Å². The second-order valence-corrected chi connectivity index (χ2v) is 4.23. The summed E-state index contributed by atoms with van der Waals surface area (Å²) in [6.07, 6.45) is 1.24. The fourth-order valence-corrected chi connectivity index (χ4v) is 1.70. The van der Waals surface area contributed by atoms with Gasteiger partial charge in [0.2, 0.25) is 0 Å². The summed E-state index contributed by atoms with van der Waals surface area (Å²) in [4.78, 5) is 17.6. The monoisotopic (exact) mass is 292 g/mol. The van der Waals surface area contributed by atoms with Crippen LogP contribution in [0.3, 0.4) is 0 Å². The molecule has 0 fully saturated rings. The zero-order valence-electron chi connectivity index (χ0n) is 12.7. The molecule has 0 aromatic heterocycles. The lowest BCUT2D eigenvalue weighted by Gasteiger charge is -2.20. The van der Waals surface area contributed by atoms with E-state index < -0.39 is 5.97 Å². The Labute approximate surface area is 124 Å². The molecule has 0 heterocycles. The van der Waals surface area contributed by atoms with Gasteiger partial charge in [-0.3, -0.25) is 0 Å². The Kier molecular flexibility index (Phi) is 6.26. The van der Waals surface area contributed by atoms with Crippen molar-refractivity contribution in [3.8, 4) is 0 Å². The number of hydrogen-bond donors (Lipinski definition) is 1. The standard InChI is InChI=1S/C15H20N2O4/c1-5-21-10-14(15(18)19)17(3)13-8-6-7-12(9-13)11(2)16-20-4/h6-10H,5H2,1-4H3,(H,18,19). The molecular weight excluding hydrogens is 272 g/mol. The molecule has 0 spiro atoms. The van der Waals surface area contributed by atoms with Gasteiger partial charge in [0, 0.05) is 18.3 Å². The molecular formula is C15H20N2O4. The van der Waals surface area contributed by atoms with Crippen LogP contribution in [0, 0.1) is 0 Å². The maximum absolute atomic E-state index is 11.3. The molecule has 114 valence electrons. The van der Waals surface area contributed by atoms with Crippen LogP contribution in [0.4, 0.5) is 5.69 Å².